The lowest BCUT2D eigenvalue weighted by Crippen LogP contribution is -2.48. The SMILES string of the molecule is O=C(COC(=O)c1ccc(N2C(=O)CC(NNC(=O)c3cccnc3)C2=O)cc1)c1ccc(Br)cc1. The third-order valence-corrected chi connectivity index (χ3v) is 5.82. The summed E-state index contributed by atoms with van der Waals surface area (Å²) in [4.78, 5) is 66.7. The van der Waals surface area contributed by atoms with E-state index < -0.39 is 36.3 Å². The number of anilines is 1. The molecule has 0 saturated carbocycles. The van der Waals surface area contributed by atoms with Crippen LogP contribution in [-0.4, -0.2) is 47.1 Å². The molecule has 4 rings (SSSR count). The standard InChI is InChI=1S/C25H19BrN4O6/c26-18-7-3-15(4-8-18)21(31)14-36-25(35)16-5-9-19(10-6-16)30-22(32)12-20(24(30)34)28-29-23(33)17-2-1-11-27-13-17/h1-11,13,20,28H,12,14H2,(H,29,33). The van der Waals surface area contributed by atoms with Crippen LogP contribution in [-0.2, 0) is 14.3 Å². The highest BCUT2D eigenvalue weighted by molar-refractivity contribution is 9.10. The van der Waals surface area contributed by atoms with Gasteiger partial charge in [0.15, 0.2) is 12.4 Å². The first kappa shape index (κ1) is 24.9. The number of carbonyl (C=O) groups excluding carboxylic acids is 5. The number of imide groups is 1. The molecule has 182 valence electrons. The highest BCUT2D eigenvalue weighted by atomic mass is 79.9. The van der Waals surface area contributed by atoms with Crippen LogP contribution in [0, 0.1) is 0 Å². The van der Waals surface area contributed by atoms with Crippen molar-refractivity contribution in [2.75, 3.05) is 11.5 Å². The summed E-state index contributed by atoms with van der Waals surface area (Å²) in [6.45, 7) is -0.427. The predicted octanol–water partition coefficient (Wildman–Crippen LogP) is 2.45. The summed E-state index contributed by atoms with van der Waals surface area (Å²) in [5, 5.41) is 0. The van der Waals surface area contributed by atoms with Crippen molar-refractivity contribution < 1.29 is 28.7 Å². The molecule has 1 fully saturated rings. The third kappa shape index (κ3) is 5.70. The van der Waals surface area contributed by atoms with Crippen molar-refractivity contribution in [1.82, 2.24) is 15.8 Å². The molecule has 1 saturated heterocycles. The fourth-order valence-electron chi connectivity index (χ4n) is 3.42. The molecule has 36 heavy (non-hydrogen) atoms. The number of esters is 1. The second-order valence-electron chi connectivity index (χ2n) is 7.72. The Bertz CT molecular complexity index is 1310. The number of aromatic nitrogens is 1. The molecule has 0 spiro atoms. The van der Waals surface area contributed by atoms with Crippen LogP contribution in [0.1, 0.15) is 37.5 Å². The fourth-order valence-corrected chi connectivity index (χ4v) is 3.68. The van der Waals surface area contributed by atoms with Gasteiger partial charge in [-0.3, -0.25) is 29.6 Å². The molecule has 1 aliphatic rings. The van der Waals surface area contributed by atoms with Gasteiger partial charge in [0.1, 0.15) is 6.04 Å². The van der Waals surface area contributed by atoms with Gasteiger partial charge in [0, 0.05) is 22.4 Å². The smallest absolute Gasteiger partial charge is 0.338 e. The zero-order valence-electron chi connectivity index (χ0n) is 18.6. The van der Waals surface area contributed by atoms with Gasteiger partial charge in [0.25, 0.3) is 11.8 Å². The van der Waals surface area contributed by atoms with Gasteiger partial charge in [0.2, 0.25) is 5.91 Å². The second-order valence-corrected chi connectivity index (χ2v) is 8.63. The number of nitrogens with one attached hydrogen (secondary N) is 2. The summed E-state index contributed by atoms with van der Waals surface area (Å²) in [5.74, 6) is -2.59. The summed E-state index contributed by atoms with van der Waals surface area (Å²) in [6.07, 6.45) is 2.73. The van der Waals surface area contributed by atoms with Crippen molar-refractivity contribution in [1.29, 1.82) is 0 Å². The molecule has 2 aromatic carbocycles. The van der Waals surface area contributed by atoms with E-state index in [9.17, 15) is 24.0 Å². The van der Waals surface area contributed by atoms with Crippen LogP contribution in [0.2, 0.25) is 0 Å². The van der Waals surface area contributed by atoms with Crippen molar-refractivity contribution >= 4 is 51.1 Å². The number of ether oxygens (including phenoxy) is 1. The average molecular weight is 551 g/mol. The Morgan fingerprint density at radius 2 is 1.67 bits per heavy atom. The van der Waals surface area contributed by atoms with Crippen LogP contribution < -0.4 is 15.8 Å². The van der Waals surface area contributed by atoms with Crippen molar-refractivity contribution in [3.63, 3.8) is 0 Å². The summed E-state index contributed by atoms with van der Waals surface area (Å²) in [5.41, 5.74) is 6.10. The van der Waals surface area contributed by atoms with Gasteiger partial charge in [-0.05, 0) is 48.5 Å². The minimum Gasteiger partial charge on any atom is -0.454 e. The maximum atomic E-state index is 12.8. The van der Waals surface area contributed by atoms with Crippen LogP contribution >= 0.6 is 15.9 Å². The average Bonchev–Trinajstić information content (AvgIpc) is 3.19. The van der Waals surface area contributed by atoms with Crippen molar-refractivity contribution in [3.8, 4) is 0 Å². The third-order valence-electron chi connectivity index (χ3n) is 5.29. The molecule has 2 heterocycles. The number of benzene rings is 2. The Morgan fingerprint density at radius 3 is 2.33 bits per heavy atom. The number of pyridine rings is 1. The van der Waals surface area contributed by atoms with Gasteiger partial charge >= 0.3 is 5.97 Å². The molecule has 0 radical (unpaired) electrons. The molecule has 3 amide bonds. The highest BCUT2D eigenvalue weighted by Gasteiger charge is 2.39. The van der Waals surface area contributed by atoms with Crippen LogP contribution in [0.3, 0.4) is 0 Å². The number of rotatable bonds is 8. The number of halogens is 1. The molecule has 3 aromatic rings. The molecular formula is C25H19BrN4O6. The molecule has 1 aliphatic heterocycles. The monoisotopic (exact) mass is 550 g/mol. The predicted molar refractivity (Wildman–Crippen MR) is 131 cm³/mol. The second kappa shape index (κ2) is 11.0. The maximum Gasteiger partial charge on any atom is 0.338 e. The minimum absolute atomic E-state index is 0.153. The summed E-state index contributed by atoms with van der Waals surface area (Å²) < 4.78 is 5.91. The highest BCUT2D eigenvalue weighted by Crippen LogP contribution is 2.23. The quantitative estimate of drug-likeness (QED) is 0.189. The molecule has 0 bridgehead atoms. The number of nitrogens with zero attached hydrogens (tertiary/aromatic N) is 2. The summed E-state index contributed by atoms with van der Waals surface area (Å²) in [6, 6.07) is 14.5. The number of hydrazine groups is 1. The first-order valence-corrected chi connectivity index (χ1v) is 11.5. The van der Waals surface area contributed by atoms with E-state index in [0.717, 1.165) is 9.37 Å². The zero-order valence-corrected chi connectivity index (χ0v) is 20.2. The van der Waals surface area contributed by atoms with Gasteiger partial charge in [-0.1, -0.05) is 28.1 Å². The molecular weight excluding hydrogens is 532 g/mol. The number of amides is 3. The number of carbonyl (C=O) groups is 5. The van der Waals surface area contributed by atoms with E-state index in [2.05, 4.69) is 31.8 Å². The van der Waals surface area contributed by atoms with E-state index in [0.29, 0.717) is 11.1 Å². The van der Waals surface area contributed by atoms with Crippen molar-refractivity contribution in [2.45, 2.75) is 12.5 Å². The number of Topliss-reactive ketones (excluding diaryl/α,β-unsaturated/α-hetero) is 1. The van der Waals surface area contributed by atoms with Crippen molar-refractivity contribution in [2.24, 2.45) is 0 Å². The molecule has 11 heteroatoms. The van der Waals surface area contributed by atoms with Gasteiger partial charge in [-0.25, -0.2) is 15.1 Å². The molecule has 10 nitrogen and oxygen atoms in total. The van der Waals surface area contributed by atoms with E-state index in [1.54, 1.807) is 36.4 Å². The Balaban J connectivity index is 1.33. The first-order chi connectivity index (χ1) is 17.3. The lowest BCUT2D eigenvalue weighted by Gasteiger charge is -2.16. The van der Waals surface area contributed by atoms with E-state index >= 15 is 0 Å². The summed E-state index contributed by atoms with van der Waals surface area (Å²) in [7, 11) is 0. The molecule has 1 atom stereocenters. The first-order valence-electron chi connectivity index (χ1n) is 10.7. The number of ketones is 1. The van der Waals surface area contributed by atoms with Crippen LogP contribution in [0.15, 0.2) is 77.5 Å². The lowest BCUT2D eigenvalue weighted by atomic mass is 10.1. The molecule has 0 aliphatic carbocycles. The maximum absolute atomic E-state index is 12.8. The molecule has 1 unspecified atom stereocenters. The largest absolute Gasteiger partial charge is 0.454 e. The zero-order chi connectivity index (χ0) is 25.7. The van der Waals surface area contributed by atoms with Crippen LogP contribution in [0.25, 0.3) is 0 Å². The van der Waals surface area contributed by atoms with E-state index in [4.69, 9.17) is 4.74 Å². The Kier molecular flexibility index (Phi) is 7.62. The van der Waals surface area contributed by atoms with E-state index in [-0.39, 0.29) is 23.5 Å². The Hall–Kier alpha value is -4.22. The normalized spacial score (nSPS) is 15.0. The number of hydrogen-bond donors (Lipinski definition) is 2. The van der Waals surface area contributed by atoms with Crippen LogP contribution in [0.4, 0.5) is 5.69 Å². The van der Waals surface area contributed by atoms with Crippen LogP contribution in [0.5, 0.6) is 0 Å². The van der Waals surface area contributed by atoms with Gasteiger partial charge < -0.3 is 4.74 Å². The van der Waals surface area contributed by atoms with Crippen molar-refractivity contribution in [3.05, 3.63) is 94.2 Å². The Morgan fingerprint density at radius 1 is 0.972 bits per heavy atom. The van der Waals surface area contributed by atoms with E-state index in [1.165, 1.54) is 36.7 Å². The summed E-state index contributed by atoms with van der Waals surface area (Å²) >= 11 is 3.29. The Labute approximate surface area is 213 Å². The van der Waals surface area contributed by atoms with Gasteiger partial charge in [-0.2, -0.15) is 0 Å². The van der Waals surface area contributed by atoms with E-state index in [1.807, 2.05) is 0 Å². The fraction of sp³-hybridized carbons (Fsp3) is 0.120. The minimum atomic E-state index is -0.951. The van der Waals surface area contributed by atoms with Gasteiger partial charge in [-0.15, -0.1) is 0 Å². The molecule has 1 aromatic heterocycles. The van der Waals surface area contributed by atoms with Gasteiger partial charge in [0.05, 0.1) is 23.2 Å². The molecule has 2 N–H and O–H groups in total. The topological polar surface area (TPSA) is 135 Å². The number of hydrogen-bond acceptors (Lipinski definition) is 8. The lowest BCUT2D eigenvalue weighted by molar-refractivity contribution is -0.121.